The standard InChI is InChI=1S/C10H20N2/c11-9-4-5-10(8-9)12-6-2-1-3-7-12/h9-10H,1-8,11H2/t9-,10+/m1/s1. The van der Waals surface area contributed by atoms with Crippen LogP contribution in [0, 0.1) is 0 Å². The van der Waals surface area contributed by atoms with Crippen LogP contribution in [0.2, 0.25) is 0 Å². The predicted molar refractivity (Wildman–Crippen MR) is 51.0 cm³/mol. The van der Waals surface area contributed by atoms with E-state index in [1.165, 1.54) is 51.6 Å². The summed E-state index contributed by atoms with van der Waals surface area (Å²) in [5.74, 6) is 0. The molecular formula is C10H20N2. The van der Waals surface area contributed by atoms with Gasteiger partial charge in [0.25, 0.3) is 0 Å². The van der Waals surface area contributed by atoms with Gasteiger partial charge in [0, 0.05) is 12.1 Å². The van der Waals surface area contributed by atoms with Gasteiger partial charge in [-0.1, -0.05) is 6.42 Å². The molecule has 2 rings (SSSR count). The number of nitrogens with zero attached hydrogens (tertiary/aromatic N) is 1. The summed E-state index contributed by atoms with van der Waals surface area (Å²) in [7, 11) is 0. The molecule has 0 bridgehead atoms. The van der Waals surface area contributed by atoms with Crippen molar-refractivity contribution in [3.05, 3.63) is 0 Å². The van der Waals surface area contributed by atoms with Gasteiger partial charge in [-0.2, -0.15) is 0 Å². The van der Waals surface area contributed by atoms with E-state index in [-0.39, 0.29) is 0 Å². The highest BCUT2D eigenvalue weighted by Gasteiger charge is 2.27. The zero-order chi connectivity index (χ0) is 8.39. The summed E-state index contributed by atoms with van der Waals surface area (Å²) < 4.78 is 0. The number of likely N-dealkylation sites (tertiary alicyclic amines) is 1. The molecule has 12 heavy (non-hydrogen) atoms. The number of piperidine rings is 1. The Hall–Kier alpha value is -0.0800. The van der Waals surface area contributed by atoms with Crippen molar-refractivity contribution in [3.63, 3.8) is 0 Å². The van der Waals surface area contributed by atoms with Crippen LogP contribution in [0.25, 0.3) is 0 Å². The summed E-state index contributed by atoms with van der Waals surface area (Å²) in [6.07, 6.45) is 8.11. The predicted octanol–water partition coefficient (Wildman–Crippen LogP) is 1.35. The Morgan fingerprint density at radius 1 is 1.00 bits per heavy atom. The summed E-state index contributed by atoms with van der Waals surface area (Å²) in [6.45, 7) is 2.66. The highest BCUT2D eigenvalue weighted by molar-refractivity contribution is 4.85. The van der Waals surface area contributed by atoms with Crippen LogP contribution in [-0.2, 0) is 0 Å². The Bertz CT molecular complexity index is 138. The average Bonchev–Trinajstić information content (AvgIpc) is 2.54. The molecule has 2 fully saturated rings. The molecule has 2 atom stereocenters. The Labute approximate surface area is 75.1 Å². The summed E-state index contributed by atoms with van der Waals surface area (Å²) in [5, 5.41) is 0. The van der Waals surface area contributed by atoms with Gasteiger partial charge in [0.15, 0.2) is 0 Å². The second kappa shape index (κ2) is 3.75. The molecule has 70 valence electrons. The van der Waals surface area contributed by atoms with E-state index in [9.17, 15) is 0 Å². The minimum absolute atomic E-state index is 0.497. The maximum absolute atomic E-state index is 5.91. The summed E-state index contributed by atoms with van der Waals surface area (Å²) in [5.41, 5.74) is 5.91. The van der Waals surface area contributed by atoms with E-state index in [1.54, 1.807) is 0 Å². The van der Waals surface area contributed by atoms with Crippen LogP contribution in [0.15, 0.2) is 0 Å². The van der Waals surface area contributed by atoms with Crippen LogP contribution in [-0.4, -0.2) is 30.1 Å². The lowest BCUT2D eigenvalue weighted by molar-refractivity contribution is 0.164. The molecule has 0 aromatic carbocycles. The first-order valence-corrected chi connectivity index (χ1v) is 5.36. The fraction of sp³-hybridized carbons (Fsp3) is 1.00. The van der Waals surface area contributed by atoms with Gasteiger partial charge < -0.3 is 10.6 Å². The third-order valence-electron chi connectivity index (χ3n) is 3.35. The molecule has 0 amide bonds. The minimum Gasteiger partial charge on any atom is -0.328 e. The van der Waals surface area contributed by atoms with Gasteiger partial charge in [-0.15, -0.1) is 0 Å². The maximum atomic E-state index is 5.91. The van der Waals surface area contributed by atoms with Gasteiger partial charge in [0.1, 0.15) is 0 Å². The van der Waals surface area contributed by atoms with Gasteiger partial charge in [0.05, 0.1) is 0 Å². The monoisotopic (exact) mass is 168 g/mol. The van der Waals surface area contributed by atoms with Gasteiger partial charge in [-0.3, -0.25) is 0 Å². The lowest BCUT2D eigenvalue weighted by Crippen LogP contribution is -2.38. The first kappa shape index (κ1) is 8.52. The van der Waals surface area contributed by atoms with Crippen molar-refractivity contribution in [2.75, 3.05) is 13.1 Å². The zero-order valence-electron chi connectivity index (χ0n) is 7.84. The zero-order valence-corrected chi connectivity index (χ0v) is 7.84. The molecule has 2 N–H and O–H groups in total. The molecule has 1 aliphatic carbocycles. The first-order chi connectivity index (χ1) is 5.86. The third kappa shape index (κ3) is 1.80. The Morgan fingerprint density at radius 2 is 1.75 bits per heavy atom. The highest BCUT2D eigenvalue weighted by atomic mass is 15.2. The van der Waals surface area contributed by atoms with Gasteiger partial charge in [0.2, 0.25) is 0 Å². The third-order valence-corrected chi connectivity index (χ3v) is 3.35. The minimum atomic E-state index is 0.497. The number of hydrogen-bond donors (Lipinski definition) is 1. The lowest BCUT2D eigenvalue weighted by Gasteiger charge is -2.32. The van der Waals surface area contributed by atoms with Crippen molar-refractivity contribution >= 4 is 0 Å². The van der Waals surface area contributed by atoms with Crippen LogP contribution < -0.4 is 5.73 Å². The number of rotatable bonds is 1. The Kier molecular flexibility index (Phi) is 2.66. The van der Waals surface area contributed by atoms with Crippen LogP contribution in [0.3, 0.4) is 0 Å². The molecule has 0 radical (unpaired) electrons. The van der Waals surface area contributed by atoms with E-state index in [2.05, 4.69) is 4.90 Å². The number of hydrogen-bond acceptors (Lipinski definition) is 2. The molecule has 0 aromatic rings. The Morgan fingerprint density at radius 3 is 2.33 bits per heavy atom. The Balaban J connectivity index is 1.83. The van der Waals surface area contributed by atoms with Crippen molar-refractivity contribution in [1.82, 2.24) is 4.90 Å². The SMILES string of the molecule is N[C@@H]1CC[C@H](N2CCCCC2)C1. The van der Waals surface area contributed by atoms with E-state index in [0.717, 1.165) is 6.04 Å². The maximum Gasteiger partial charge on any atom is 0.0111 e. The summed E-state index contributed by atoms with van der Waals surface area (Å²) in [6, 6.07) is 1.33. The number of nitrogens with two attached hydrogens (primary N) is 1. The van der Waals surface area contributed by atoms with Crippen molar-refractivity contribution < 1.29 is 0 Å². The lowest BCUT2D eigenvalue weighted by atomic mass is 10.1. The molecule has 1 aliphatic heterocycles. The van der Waals surface area contributed by atoms with Gasteiger partial charge in [-0.05, 0) is 45.2 Å². The topological polar surface area (TPSA) is 29.3 Å². The van der Waals surface area contributed by atoms with Crippen LogP contribution in [0.1, 0.15) is 38.5 Å². The smallest absolute Gasteiger partial charge is 0.0111 e. The molecule has 1 heterocycles. The summed E-state index contributed by atoms with van der Waals surface area (Å²) >= 11 is 0. The summed E-state index contributed by atoms with van der Waals surface area (Å²) in [4.78, 5) is 2.66. The van der Waals surface area contributed by atoms with Crippen molar-refractivity contribution in [3.8, 4) is 0 Å². The normalized spacial score (nSPS) is 38.8. The van der Waals surface area contributed by atoms with Crippen molar-refractivity contribution in [1.29, 1.82) is 0 Å². The highest BCUT2D eigenvalue weighted by Crippen LogP contribution is 2.25. The molecule has 2 nitrogen and oxygen atoms in total. The fourth-order valence-corrected chi connectivity index (χ4v) is 2.61. The second-order valence-corrected chi connectivity index (χ2v) is 4.32. The molecule has 1 saturated carbocycles. The molecule has 0 unspecified atom stereocenters. The molecular weight excluding hydrogens is 148 g/mol. The van der Waals surface area contributed by atoms with E-state index in [0.29, 0.717) is 6.04 Å². The van der Waals surface area contributed by atoms with Gasteiger partial charge >= 0.3 is 0 Å². The average molecular weight is 168 g/mol. The van der Waals surface area contributed by atoms with Gasteiger partial charge in [-0.25, -0.2) is 0 Å². The van der Waals surface area contributed by atoms with Crippen LogP contribution in [0.4, 0.5) is 0 Å². The first-order valence-electron chi connectivity index (χ1n) is 5.36. The quantitative estimate of drug-likeness (QED) is 0.640. The van der Waals surface area contributed by atoms with E-state index < -0.39 is 0 Å². The molecule has 0 spiro atoms. The van der Waals surface area contributed by atoms with Crippen molar-refractivity contribution in [2.24, 2.45) is 5.73 Å². The molecule has 2 heteroatoms. The van der Waals surface area contributed by atoms with E-state index in [1.807, 2.05) is 0 Å². The largest absolute Gasteiger partial charge is 0.328 e. The van der Waals surface area contributed by atoms with Crippen molar-refractivity contribution in [2.45, 2.75) is 50.6 Å². The van der Waals surface area contributed by atoms with Crippen LogP contribution >= 0.6 is 0 Å². The molecule has 2 aliphatic rings. The second-order valence-electron chi connectivity index (χ2n) is 4.32. The van der Waals surface area contributed by atoms with E-state index in [4.69, 9.17) is 5.73 Å². The molecule has 1 saturated heterocycles. The molecule has 0 aromatic heterocycles. The fourth-order valence-electron chi connectivity index (χ4n) is 2.61. The van der Waals surface area contributed by atoms with Crippen LogP contribution in [0.5, 0.6) is 0 Å². The van der Waals surface area contributed by atoms with E-state index >= 15 is 0 Å².